The van der Waals surface area contributed by atoms with Crippen molar-refractivity contribution in [3.8, 4) is 0 Å². The van der Waals surface area contributed by atoms with E-state index in [2.05, 4.69) is 41.6 Å². The first-order valence-corrected chi connectivity index (χ1v) is 8.69. The molecule has 0 aliphatic heterocycles. The maximum absolute atomic E-state index is 9.14. The Bertz CT molecular complexity index is 451. The molecule has 0 fully saturated rings. The van der Waals surface area contributed by atoms with E-state index < -0.39 is 0 Å². The summed E-state index contributed by atoms with van der Waals surface area (Å²) in [6.45, 7) is 10.7. The Morgan fingerprint density at radius 3 is 2.65 bits per heavy atom. The van der Waals surface area contributed by atoms with Crippen molar-refractivity contribution in [2.45, 2.75) is 59.4 Å². The van der Waals surface area contributed by atoms with Crippen molar-refractivity contribution in [2.75, 3.05) is 19.7 Å². The van der Waals surface area contributed by atoms with Gasteiger partial charge in [0.15, 0.2) is 11.7 Å². The van der Waals surface area contributed by atoms with E-state index in [1.807, 2.05) is 13.0 Å². The van der Waals surface area contributed by atoms with E-state index in [4.69, 9.17) is 9.63 Å². The zero-order chi connectivity index (χ0) is 17.1. The summed E-state index contributed by atoms with van der Waals surface area (Å²) in [6.07, 6.45) is 3.04. The van der Waals surface area contributed by atoms with Crippen LogP contribution in [-0.2, 0) is 6.54 Å². The van der Waals surface area contributed by atoms with Crippen LogP contribution in [0.3, 0.4) is 0 Å². The summed E-state index contributed by atoms with van der Waals surface area (Å²) >= 11 is 0. The van der Waals surface area contributed by atoms with Gasteiger partial charge in [-0.1, -0.05) is 32.3 Å². The Morgan fingerprint density at radius 2 is 2.09 bits per heavy atom. The molecule has 0 aliphatic carbocycles. The molecular formula is C17H32N4O2. The Kier molecular flexibility index (Phi) is 9.36. The van der Waals surface area contributed by atoms with E-state index >= 15 is 0 Å². The van der Waals surface area contributed by atoms with Gasteiger partial charge in [-0.05, 0) is 31.6 Å². The van der Waals surface area contributed by atoms with Crippen molar-refractivity contribution in [1.82, 2.24) is 15.8 Å². The quantitative estimate of drug-likeness (QED) is 0.455. The standard InChI is InChI=1S/C17H32N4O2/c1-5-7-14(8-9-22)11-19-17(18-6-2)20-12-15-10-16(13(3)4)21-23-15/h10,13-14,22H,5-9,11-12H2,1-4H3,(H2,18,19,20). The fraction of sp³-hybridized carbons (Fsp3) is 0.765. The number of nitrogens with one attached hydrogen (secondary N) is 2. The molecule has 1 unspecified atom stereocenters. The van der Waals surface area contributed by atoms with E-state index in [1.165, 1.54) is 0 Å². The van der Waals surface area contributed by atoms with Gasteiger partial charge < -0.3 is 20.3 Å². The molecule has 0 saturated carbocycles. The van der Waals surface area contributed by atoms with Crippen molar-refractivity contribution < 1.29 is 9.63 Å². The van der Waals surface area contributed by atoms with E-state index in [1.54, 1.807) is 0 Å². The highest BCUT2D eigenvalue weighted by atomic mass is 16.5. The molecular weight excluding hydrogens is 292 g/mol. The lowest BCUT2D eigenvalue weighted by atomic mass is 10.0. The smallest absolute Gasteiger partial charge is 0.191 e. The average molecular weight is 324 g/mol. The highest BCUT2D eigenvalue weighted by Gasteiger charge is 2.10. The predicted octanol–water partition coefficient (Wildman–Crippen LogP) is 2.65. The van der Waals surface area contributed by atoms with Crippen LogP contribution in [0.5, 0.6) is 0 Å². The zero-order valence-electron chi connectivity index (χ0n) is 14.9. The number of aromatic nitrogens is 1. The molecule has 0 spiro atoms. The molecule has 6 nitrogen and oxygen atoms in total. The van der Waals surface area contributed by atoms with Crippen LogP contribution < -0.4 is 10.6 Å². The lowest BCUT2D eigenvalue weighted by molar-refractivity contribution is 0.251. The van der Waals surface area contributed by atoms with E-state index in [9.17, 15) is 0 Å². The van der Waals surface area contributed by atoms with Crippen LogP contribution in [0.4, 0.5) is 0 Å². The van der Waals surface area contributed by atoms with Gasteiger partial charge in [-0.25, -0.2) is 4.99 Å². The number of aliphatic imine (C=N–C) groups is 1. The minimum absolute atomic E-state index is 0.232. The molecule has 1 aromatic rings. The van der Waals surface area contributed by atoms with Gasteiger partial charge in [0.25, 0.3) is 0 Å². The summed E-state index contributed by atoms with van der Waals surface area (Å²) in [6, 6.07) is 1.96. The number of nitrogens with zero attached hydrogens (tertiary/aromatic N) is 2. The highest BCUT2D eigenvalue weighted by Crippen LogP contribution is 2.14. The van der Waals surface area contributed by atoms with Gasteiger partial charge in [-0.15, -0.1) is 0 Å². The number of aliphatic hydroxyl groups is 1. The van der Waals surface area contributed by atoms with Crippen molar-refractivity contribution in [3.63, 3.8) is 0 Å². The SMILES string of the molecule is CCCC(CCO)CNC(=NCc1cc(C(C)C)no1)NCC. The fourth-order valence-corrected chi connectivity index (χ4v) is 2.35. The van der Waals surface area contributed by atoms with Crippen molar-refractivity contribution in [1.29, 1.82) is 0 Å². The minimum atomic E-state index is 0.232. The topological polar surface area (TPSA) is 82.7 Å². The largest absolute Gasteiger partial charge is 0.396 e. The number of hydrogen-bond acceptors (Lipinski definition) is 4. The predicted molar refractivity (Wildman–Crippen MR) is 93.5 cm³/mol. The van der Waals surface area contributed by atoms with Crippen LogP contribution in [0.25, 0.3) is 0 Å². The van der Waals surface area contributed by atoms with Gasteiger partial charge in [-0.3, -0.25) is 0 Å². The molecule has 0 amide bonds. The second-order valence-electron chi connectivity index (χ2n) is 6.12. The van der Waals surface area contributed by atoms with Crippen LogP contribution in [0.2, 0.25) is 0 Å². The van der Waals surface area contributed by atoms with Crippen LogP contribution >= 0.6 is 0 Å². The molecule has 0 radical (unpaired) electrons. The van der Waals surface area contributed by atoms with Gasteiger partial charge in [0.05, 0.1) is 5.69 Å². The van der Waals surface area contributed by atoms with Crippen LogP contribution in [-0.4, -0.2) is 35.9 Å². The van der Waals surface area contributed by atoms with Gasteiger partial charge in [0, 0.05) is 25.8 Å². The molecule has 0 aromatic carbocycles. The maximum Gasteiger partial charge on any atom is 0.191 e. The normalized spacial score (nSPS) is 13.4. The zero-order valence-corrected chi connectivity index (χ0v) is 14.9. The summed E-state index contributed by atoms with van der Waals surface area (Å²) in [4.78, 5) is 4.55. The maximum atomic E-state index is 9.14. The van der Waals surface area contributed by atoms with Crippen molar-refractivity contribution in [2.24, 2.45) is 10.9 Å². The third-order valence-corrected chi connectivity index (χ3v) is 3.70. The Labute approximate surface area is 139 Å². The van der Waals surface area contributed by atoms with Crippen LogP contribution in [0, 0.1) is 5.92 Å². The van der Waals surface area contributed by atoms with Gasteiger partial charge in [-0.2, -0.15) is 0 Å². The third-order valence-electron chi connectivity index (χ3n) is 3.70. The first-order chi connectivity index (χ1) is 11.1. The third kappa shape index (κ3) is 7.50. The number of guanidine groups is 1. The molecule has 6 heteroatoms. The van der Waals surface area contributed by atoms with Gasteiger partial charge in [0.2, 0.25) is 0 Å². The summed E-state index contributed by atoms with van der Waals surface area (Å²) in [5.41, 5.74) is 0.958. The summed E-state index contributed by atoms with van der Waals surface area (Å²) in [5.74, 6) is 2.36. The number of rotatable bonds is 10. The Morgan fingerprint density at radius 1 is 1.30 bits per heavy atom. The van der Waals surface area contributed by atoms with Crippen LogP contribution in [0.1, 0.15) is 64.3 Å². The average Bonchev–Trinajstić information content (AvgIpc) is 2.99. The van der Waals surface area contributed by atoms with Crippen LogP contribution in [0.15, 0.2) is 15.6 Å². The van der Waals surface area contributed by atoms with E-state index in [0.29, 0.717) is 18.4 Å². The first-order valence-electron chi connectivity index (χ1n) is 8.69. The van der Waals surface area contributed by atoms with Crippen molar-refractivity contribution >= 4 is 5.96 Å². The minimum Gasteiger partial charge on any atom is -0.396 e. The van der Waals surface area contributed by atoms with E-state index in [0.717, 1.165) is 49.8 Å². The van der Waals surface area contributed by atoms with E-state index in [-0.39, 0.29) is 6.61 Å². The highest BCUT2D eigenvalue weighted by molar-refractivity contribution is 5.79. The Hall–Kier alpha value is -1.56. The van der Waals surface area contributed by atoms with Gasteiger partial charge >= 0.3 is 0 Å². The summed E-state index contributed by atoms with van der Waals surface area (Å²) in [5, 5.41) is 19.8. The molecule has 132 valence electrons. The molecule has 0 saturated heterocycles. The Balaban J connectivity index is 2.57. The molecule has 0 aliphatic rings. The summed E-state index contributed by atoms with van der Waals surface area (Å²) in [7, 11) is 0. The molecule has 1 aromatic heterocycles. The first kappa shape index (κ1) is 19.5. The van der Waals surface area contributed by atoms with Gasteiger partial charge in [0.1, 0.15) is 6.54 Å². The lowest BCUT2D eigenvalue weighted by Crippen LogP contribution is -2.40. The monoisotopic (exact) mass is 324 g/mol. The second kappa shape index (κ2) is 11.0. The van der Waals surface area contributed by atoms with Crippen molar-refractivity contribution in [3.05, 3.63) is 17.5 Å². The number of aliphatic hydroxyl groups excluding tert-OH is 1. The molecule has 23 heavy (non-hydrogen) atoms. The lowest BCUT2D eigenvalue weighted by Gasteiger charge is -2.18. The molecule has 1 rings (SSSR count). The molecule has 3 N–H and O–H groups in total. The molecule has 0 bridgehead atoms. The number of hydrogen-bond donors (Lipinski definition) is 3. The fourth-order valence-electron chi connectivity index (χ4n) is 2.35. The molecule has 1 atom stereocenters. The summed E-state index contributed by atoms with van der Waals surface area (Å²) < 4.78 is 5.31. The second-order valence-corrected chi connectivity index (χ2v) is 6.12. The molecule has 1 heterocycles.